The van der Waals surface area contributed by atoms with Gasteiger partial charge < -0.3 is 15.5 Å². The third-order valence-corrected chi connectivity index (χ3v) is 3.97. The summed E-state index contributed by atoms with van der Waals surface area (Å²) < 4.78 is 11.2. The van der Waals surface area contributed by atoms with Gasteiger partial charge in [0.2, 0.25) is 5.82 Å². The Morgan fingerprint density at radius 1 is 1.58 bits per heavy atom. The van der Waals surface area contributed by atoms with Crippen LogP contribution in [0.2, 0.25) is 25.7 Å². The van der Waals surface area contributed by atoms with Gasteiger partial charge in [-0.15, -0.1) is 5.26 Å². The molecule has 6 nitrogen and oxygen atoms in total. The summed E-state index contributed by atoms with van der Waals surface area (Å²) in [6, 6.07) is 1.06. The van der Waals surface area contributed by atoms with Crippen LogP contribution in [0.15, 0.2) is 12.4 Å². The van der Waals surface area contributed by atoms with Crippen molar-refractivity contribution in [2.24, 2.45) is 0 Å². The maximum Gasteiger partial charge on any atom is 1.00 e. The van der Waals surface area contributed by atoms with Gasteiger partial charge in [0.15, 0.2) is 0 Å². The maximum absolute atomic E-state index is 11.3. The van der Waals surface area contributed by atoms with E-state index in [-0.39, 0.29) is 65.4 Å². The fourth-order valence-corrected chi connectivity index (χ4v) is 1.99. The average molecular weight is 307 g/mol. The molecule has 0 unspecified atom stereocenters. The van der Waals surface area contributed by atoms with E-state index in [1.165, 1.54) is 17.0 Å². The average Bonchev–Trinajstić information content (AvgIpc) is 2.71. The number of hydrogen-bond acceptors (Lipinski definition) is 5. The second-order valence-electron chi connectivity index (χ2n) is 5.05. The predicted octanol–water partition coefficient (Wildman–Crippen LogP) is -1.05. The molecule has 1 aromatic heterocycles. The van der Waals surface area contributed by atoms with Crippen LogP contribution in [-0.4, -0.2) is 30.2 Å². The molecular formula is C11H18KN3O3Si. The van der Waals surface area contributed by atoms with Gasteiger partial charge in [-0.25, -0.2) is 9.78 Å². The summed E-state index contributed by atoms with van der Waals surface area (Å²) in [7, 11) is -1.11. The molecule has 0 aliphatic carbocycles. The van der Waals surface area contributed by atoms with E-state index in [9.17, 15) is 4.79 Å². The van der Waals surface area contributed by atoms with E-state index < -0.39 is 14.0 Å². The molecule has 0 bridgehead atoms. The summed E-state index contributed by atoms with van der Waals surface area (Å²) in [5, 5.41) is 8.27. The van der Waals surface area contributed by atoms with Crippen molar-refractivity contribution >= 4 is 14.0 Å². The van der Waals surface area contributed by atoms with Gasteiger partial charge in [0.25, 0.3) is 6.26 Å². The molecule has 19 heavy (non-hydrogen) atoms. The van der Waals surface area contributed by atoms with E-state index in [2.05, 4.69) is 29.4 Å². The van der Waals surface area contributed by atoms with Gasteiger partial charge in [0.1, 0.15) is 6.73 Å². The first-order valence-corrected chi connectivity index (χ1v) is 9.34. The van der Waals surface area contributed by atoms with Crippen molar-refractivity contribution in [3.8, 4) is 6.26 Å². The van der Waals surface area contributed by atoms with Gasteiger partial charge in [0.05, 0.1) is 0 Å². The molecule has 0 saturated carbocycles. The number of imidazole rings is 1. The van der Waals surface area contributed by atoms with Gasteiger partial charge in [-0.05, 0) is 6.04 Å². The zero-order valence-electron chi connectivity index (χ0n) is 12.8. The monoisotopic (exact) mass is 307 g/mol. The fraction of sp³-hybridized carbons (Fsp3) is 0.545. The number of nitriles is 1. The number of carbonyl (C=O) groups is 1. The molecule has 0 N–H and O–H groups in total. The van der Waals surface area contributed by atoms with E-state index in [1.807, 2.05) is 0 Å². The minimum absolute atomic E-state index is 0. The normalized spacial score (nSPS) is 10.4. The number of hydrogen-bond donors (Lipinski definition) is 0. The molecule has 0 spiro atoms. The molecular weight excluding hydrogens is 289 g/mol. The van der Waals surface area contributed by atoms with Crippen LogP contribution in [0.25, 0.3) is 0 Å². The fourth-order valence-electron chi connectivity index (χ4n) is 1.23. The Hall–Kier alpha value is -0.0168. The zero-order chi connectivity index (χ0) is 13.6. The predicted molar refractivity (Wildman–Crippen MR) is 68.5 cm³/mol. The summed E-state index contributed by atoms with van der Waals surface area (Å²) >= 11 is 0. The van der Waals surface area contributed by atoms with Crippen LogP contribution in [0.3, 0.4) is 0 Å². The molecule has 0 aliphatic heterocycles. The molecule has 0 aromatic carbocycles. The first kappa shape index (κ1) is 19.0. The molecule has 0 radical (unpaired) electrons. The molecule has 0 aliphatic rings. The van der Waals surface area contributed by atoms with Gasteiger partial charge in [-0.2, -0.15) is 0 Å². The van der Waals surface area contributed by atoms with E-state index >= 15 is 0 Å². The quantitative estimate of drug-likeness (QED) is 0.290. The van der Waals surface area contributed by atoms with Crippen LogP contribution in [-0.2, 0) is 16.2 Å². The topological polar surface area (TPSA) is 77.1 Å². The second-order valence-corrected chi connectivity index (χ2v) is 10.7. The number of carbonyl (C=O) groups excluding carboxylic acids is 1. The van der Waals surface area contributed by atoms with E-state index in [1.54, 1.807) is 6.20 Å². The smallest absolute Gasteiger partial charge is 1.00 e. The van der Waals surface area contributed by atoms with Gasteiger partial charge >= 0.3 is 57.4 Å². The zero-order valence-corrected chi connectivity index (χ0v) is 16.0. The molecule has 1 heterocycles. The van der Waals surface area contributed by atoms with Crippen molar-refractivity contribution in [3.05, 3.63) is 18.2 Å². The Balaban J connectivity index is 0. The van der Waals surface area contributed by atoms with Crippen molar-refractivity contribution in [3.63, 3.8) is 0 Å². The Morgan fingerprint density at radius 2 is 2.26 bits per heavy atom. The number of aromatic nitrogens is 2. The Morgan fingerprint density at radius 3 is 2.84 bits per heavy atom. The standard InChI is InChI=1S/C11H17N3O3Si.K.H/c1-18(2,3)7-6-16-9-14-5-4-13-10(14)11(15)17-8-12;;/h4-5H,6-7,9H2,1-3H3;;/q;+1;-1. The number of rotatable bonds is 6. The number of nitrogens with zero attached hydrogens (tertiary/aromatic N) is 3. The Kier molecular flexibility index (Phi) is 9.01. The van der Waals surface area contributed by atoms with E-state index in [4.69, 9.17) is 10.00 Å². The van der Waals surface area contributed by atoms with Crippen molar-refractivity contribution in [2.75, 3.05) is 6.61 Å². The molecule has 1 aromatic rings. The van der Waals surface area contributed by atoms with Crippen LogP contribution in [0.4, 0.5) is 0 Å². The first-order valence-electron chi connectivity index (χ1n) is 5.63. The number of ether oxygens (including phenoxy) is 2. The van der Waals surface area contributed by atoms with Crippen molar-refractivity contribution in [2.45, 2.75) is 32.4 Å². The second kappa shape index (κ2) is 9.02. The summed E-state index contributed by atoms with van der Waals surface area (Å²) in [4.78, 5) is 15.2. The van der Waals surface area contributed by atoms with Crippen molar-refractivity contribution < 1.29 is 67.1 Å². The summed E-state index contributed by atoms with van der Waals surface area (Å²) in [6.07, 6.45) is 4.41. The third kappa shape index (κ3) is 7.36. The largest absolute Gasteiger partial charge is 1.00 e. The maximum atomic E-state index is 11.3. The van der Waals surface area contributed by atoms with E-state index in [0.29, 0.717) is 6.61 Å². The van der Waals surface area contributed by atoms with Gasteiger partial charge in [-0.3, -0.25) is 0 Å². The molecule has 1 rings (SSSR count). The van der Waals surface area contributed by atoms with Crippen LogP contribution in [0.5, 0.6) is 0 Å². The molecule has 0 atom stereocenters. The van der Waals surface area contributed by atoms with Crippen LogP contribution < -0.4 is 51.4 Å². The van der Waals surface area contributed by atoms with Crippen molar-refractivity contribution in [1.29, 1.82) is 5.26 Å². The first-order chi connectivity index (χ1) is 8.44. The van der Waals surface area contributed by atoms with Crippen LogP contribution >= 0.6 is 0 Å². The molecule has 0 fully saturated rings. The Bertz CT molecular complexity index is 457. The van der Waals surface area contributed by atoms with Gasteiger partial charge in [-0.1, -0.05) is 19.6 Å². The minimum Gasteiger partial charge on any atom is -1.00 e. The summed E-state index contributed by atoms with van der Waals surface area (Å²) in [5.41, 5.74) is 0. The van der Waals surface area contributed by atoms with Crippen LogP contribution in [0.1, 0.15) is 12.0 Å². The summed E-state index contributed by atoms with van der Waals surface area (Å²) in [5.74, 6) is -0.694. The summed E-state index contributed by atoms with van der Waals surface area (Å²) in [6.45, 7) is 7.69. The third-order valence-electron chi connectivity index (χ3n) is 2.26. The molecule has 0 amide bonds. The minimum atomic E-state index is -1.11. The van der Waals surface area contributed by atoms with Gasteiger partial charge in [0, 0.05) is 27.1 Å². The van der Waals surface area contributed by atoms with Crippen LogP contribution in [0, 0.1) is 11.5 Å². The number of esters is 1. The molecule has 100 valence electrons. The SMILES string of the molecule is C[Si](C)(C)CCOCn1ccnc1C(=O)OC#N.[H-].[K+]. The molecule has 0 saturated heterocycles. The molecule has 8 heteroatoms. The van der Waals surface area contributed by atoms with E-state index in [0.717, 1.165) is 6.04 Å². The van der Waals surface area contributed by atoms with Crippen molar-refractivity contribution in [1.82, 2.24) is 9.55 Å². The Labute approximate surface area is 158 Å².